The Labute approximate surface area is 162 Å². The molecule has 0 saturated carbocycles. The minimum atomic E-state index is -0.322. The zero-order chi connectivity index (χ0) is 19.4. The molecule has 0 aliphatic heterocycles. The zero-order valence-corrected chi connectivity index (χ0v) is 16.3. The van der Waals surface area contributed by atoms with Gasteiger partial charge in [-0.05, 0) is 53.0 Å². The number of aromatic nitrogens is 3. The molecule has 0 radical (unpaired) electrons. The van der Waals surface area contributed by atoms with Crippen molar-refractivity contribution >= 4 is 18.4 Å². The molecule has 0 saturated heterocycles. The summed E-state index contributed by atoms with van der Waals surface area (Å²) in [5, 5.41) is 11.1. The first-order valence-corrected chi connectivity index (χ1v) is 8.93. The summed E-state index contributed by atoms with van der Waals surface area (Å²) in [6, 6.07) is 14.1. The van der Waals surface area contributed by atoms with E-state index in [0.717, 1.165) is 5.75 Å². The molecular weight excluding hydrogens is 363 g/mol. The molecule has 0 unspecified atom stereocenters. The molecule has 0 aliphatic rings. The van der Waals surface area contributed by atoms with Gasteiger partial charge in [-0.1, -0.05) is 45.0 Å². The van der Waals surface area contributed by atoms with Gasteiger partial charge >= 0.3 is 0 Å². The van der Waals surface area contributed by atoms with E-state index in [-0.39, 0.29) is 17.8 Å². The van der Waals surface area contributed by atoms with Crippen LogP contribution in [0.25, 0.3) is 0 Å². The standard InChI is InChI=1S/C20H21FN4OS/c1-20(2,3)15-7-9-17(10-8-15)26-13-18-23-24-19(27)25(18)22-12-14-5-4-6-16(21)11-14/h4-12H,13H2,1-3H3,(H,24,27)/b22-12-. The fourth-order valence-corrected chi connectivity index (χ4v) is 2.65. The van der Waals surface area contributed by atoms with Crippen LogP contribution in [0.5, 0.6) is 5.75 Å². The third-order valence-electron chi connectivity index (χ3n) is 3.98. The average molecular weight is 384 g/mol. The highest BCUT2D eigenvalue weighted by Gasteiger charge is 2.13. The predicted octanol–water partition coefficient (Wildman–Crippen LogP) is 4.84. The van der Waals surface area contributed by atoms with Crippen molar-refractivity contribution in [1.29, 1.82) is 0 Å². The van der Waals surface area contributed by atoms with Crippen LogP contribution in [0.15, 0.2) is 53.6 Å². The van der Waals surface area contributed by atoms with Gasteiger partial charge in [0.1, 0.15) is 18.2 Å². The molecule has 1 heterocycles. The third-order valence-corrected chi connectivity index (χ3v) is 4.24. The lowest BCUT2D eigenvalue weighted by molar-refractivity contribution is 0.290. The zero-order valence-electron chi connectivity index (χ0n) is 15.4. The minimum absolute atomic E-state index is 0.0899. The maximum atomic E-state index is 13.3. The fraction of sp³-hybridized carbons (Fsp3) is 0.250. The highest BCUT2D eigenvalue weighted by atomic mass is 32.1. The molecule has 0 bridgehead atoms. The number of hydrogen-bond donors (Lipinski definition) is 1. The Balaban J connectivity index is 1.72. The third kappa shape index (κ3) is 4.89. The molecule has 7 heteroatoms. The molecule has 1 N–H and O–H groups in total. The topological polar surface area (TPSA) is 55.2 Å². The van der Waals surface area contributed by atoms with Crippen molar-refractivity contribution in [3.63, 3.8) is 0 Å². The van der Waals surface area contributed by atoms with Crippen LogP contribution in [-0.4, -0.2) is 21.1 Å². The Morgan fingerprint density at radius 2 is 1.96 bits per heavy atom. The van der Waals surface area contributed by atoms with E-state index in [1.54, 1.807) is 12.1 Å². The van der Waals surface area contributed by atoms with Gasteiger partial charge in [0, 0.05) is 0 Å². The number of nitrogens with zero attached hydrogens (tertiary/aromatic N) is 3. The molecule has 27 heavy (non-hydrogen) atoms. The lowest BCUT2D eigenvalue weighted by Gasteiger charge is -2.19. The van der Waals surface area contributed by atoms with Gasteiger partial charge in [-0.25, -0.2) is 9.49 Å². The van der Waals surface area contributed by atoms with Gasteiger partial charge in [0.15, 0.2) is 5.82 Å². The monoisotopic (exact) mass is 384 g/mol. The van der Waals surface area contributed by atoms with Crippen LogP contribution >= 0.6 is 12.2 Å². The highest BCUT2D eigenvalue weighted by molar-refractivity contribution is 7.71. The minimum Gasteiger partial charge on any atom is -0.486 e. The van der Waals surface area contributed by atoms with E-state index in [1.165, 1.54) is 28.6 Å². The van der Waals surface area contributed by atoms with Crippen LogP contribution in [0.1, 0.15) is 37.7 Å². The van der Waals surface area contributed by atoms with Crippen molar-refractivity contribution in [2.75, 3.05) is 0 Å². The quantitative estimate of drug-likeness (QED) is 0.506. The van der Waals surface area contributed by atoms with Gasteiger partial charge in [0.2, 0.25) is 4.77 Å². The molecule has 0 amide bonds. The highest BCUT2D eigenvalue weighted by Crippen LogP contribution is 2.24. The van der Waals surface area contributed by atoms with Crippen LogP contribution in [0, 0.1) is 10.6 Å². The molecule has 0 fully saturated rings. The number of benzene rings is 2. The number of ether oxygens (including phenoxy) is 1. The lowest BCUT2D eigenvalue weighted by Crippen LogP contribution is -2.10. The molecular formula is C20H21FN4OS. The van der Waals surface area contributed by atoms with Crippen molar-refractivity contribution in [2.24, 2.45) is 5.10 Å². The molecule has 3 aromatic rings. The first-order chi connectivity index (χ1) is 12.8. The summed E-state index contributed by atoms with van der Waals surface area (Å²) >= 11 is 5.20. The summed E-state index contributed by atoms with van der Waals surface area (Å²) in [6.45, 7) is 6.69. The van der Waals surface area contributed by atoms with Gasteiger partial charge in [-0.3, -0.25) is 0 Å². The van der Waals surface area contributed by atoms with Crippen LogP contribution in [0.2, 0.25) is 0 Å². The normalized spacial score (nSPS) is 11.9. The van der Waals surface area contributed by atoms with Crippen molar-refractivity contribution in [2.45, 2.75) is 32.8 Å². The molecule has 0 aliphatic carbocycles. The molecule has 140 valence electrons. The summed E-state index contributed by atoms with van der Waals surface area (Å²) in [6.07, 6.45) is 1.52. The van der Waals surface area contributed by atoms with Crippen LogP contribution in [0.4, 0.5) is 4.39 Å². The lowest BCUT2D eigenvalue weighted by atomic mass is 9.87. The SMILES string of the molecule is CC(C)(C)c1ccc(OCc2n[nH]c(=S)n2/N=C\c2cccc(F)c2)cc1. The predicted molar refractivity (Wildman–Crippen MR) is 106 cm³/mol. The average Bonchev–Trinajstić information content (AvgIpc) is 2.98. The Bertz CT molecular complexity index is 1000. The molecule has 0 spiro atoms. The van der Waals surface area contributed by atoms with E-state index in [0.29, 0.717) is 16.2 Å². The van der Waals surface area contributed by atoms with E-state index in [2.05, 4.69) is 48.2 Å². The Morgan fingerprint density at radius 3 is 2.63 bits per heavy atom. The molecule has 1 aromatic heterocycles. The number of nitrogens with one attached hydrogen (secondary N) is 1. The van der Waals surface area contributed by atoms with Crippen molar-refractivity contribution in [1.82, 2.24) is 14.9 Å². The largest absolute Gasteiger partial charge is 0.486 e. The Morgan fingerprint density at radius 1 is 1.22 bits per heavy atom. The summed E-state index contributed by atoms with van der Waals surface area (Å²) < 4.78 is 20.9. The summed E-state index contributed by atoms with van der Waals surface area (Å²) in [5.74, 6) is 0.933. The van der Waals surface area contributed by atoms with Crippen molar-refractivity contribution in [3.8, 4) is 5.75 Å². The van der Waals surface area contributed by atoms with E-state index in [1.807, 2.05) is 12.1 Å². The second-order valence-corrected chi connectivity index (χ2v) is 7.51. The van der Waals surface area contributed by atoms with Crippen LogP contribution in [-0.2, 0) is 12.0 Å². The Kier molecular flexibility index (Phi) is 5.51. The number of halogens is 1. The summed E-state index contributed by atoms with van der Waals surface area (Å²) in [4.78, 5) is 0. The molecule has 5 nitrogen and oxygen atoms in total. The molecule has 3 rings (SSSR count). The maximum Gasteiger partial charge on any atom is 0.216 e. The first-order valence-electron chi connectivity index (χ1n) is 8.52. The van der Waals surface area contributed by atoms with E-state index in [9.17, 15) is 4.39 Å². The summed E-state index contributed by atoms with van der Waals surface area (Å²) in [5.41, 5.74) is 1.95. The summed E-state index contributed by atoms with van der Waals surface area (Å²) in [7, 11) is 0. The number of hydrogen-bond acceptors (Lipinski definition) is 4. The number of H-pyrrole nitrogens is 1. The van der Waals surface area contributed by atoms with Gasteiger partial charge in [0.05, 0.1) is 6.21 Å². The fourth-order valence-electron chi connectivity index (χ4n) is 2.45. The Hall–Kier alpha value is -2.80. The first kappa shape index (κ1) is 19.0. The van der Waals surface area contributed by atoms with Gasteiger partial charge in [-0.2, -0.15) is 14.9 Å². The molecule has 0 atom stereocenters. The molecule has 2 aromatic carbocycles. The second kappa shape index (κ2) is 7.84. The van der Waals surface area contributed by atoms with Gasteiger partial charge in [-0.15, -0.1) is 0 Å². The number of rotatable bonds is 5. The maximum absolute atomic E-state index is 13.3. The van der Waals surface area contributed by atoms with Gasteiger partial charge in [0.25, 0.3) is 0 Å². The van der Waals surface area contributed by atoms with E-state index >= 15 is 0 Å². The van der Waals surface area contributed by atoms with Crippen molar-refractivity contribution in [3.05, 3.63) is 76.1 Å². The van der Waals surface area contributed by atoms with E-state index < -0.39 is 0 Å². The van der Waals surface area contributed by atoms with E-state index in [4.69, 9.17) is 17.0 Å². The van der Waals surface area contributed by atoms with Crippen molar-refractivity contribution < 1.29 is 9.13 Å². The van der Waals surface area contributed by atoms with Gasteiger partial charge < -0.3 is 4.74 Å². The van der Waals surface area contributed by atoms with Crippen LogP contribution in [0.3, 0.4) is 0 Å². The number of aromatic amines is 1. The smallest absolute Gasteiger partial charge is 0.216 e. The van der Waals surface area contributed by atoms with Crippen LogP contribution < -0.4 is 4.74 Å². The second-order valence-electron chi connectivity index (χ2n) is 7.12.